The lowest BCUT2D eigenvalue weighted by Crippen LogP contribution is -2.00. The lowest BCUT2D eigenvalue weighted by molar-refractivity contribution is 0.296. The number of rotatable bonds is 3. The van der Waals surface area contributed by atoms with Crippen LogP contribution in [-0.2, 0) is 13.6 Å². The van der Waals surface area contributed by atoms with Gasteiger partial charge in [0.15, 0.2) is 11.5 Å². The molecule has 20 heavy (non-hydrogen) atoms. The van der Waals surface area contributed by atoms with E-state index >= 15 is 0 Å². The topological polar surface area (TPSA) is 48.3 Å². The highest BCUT2D eigenvalue weighted by Gasteiger charge is 2.15. The van der Waals surface area contributed by atoms with Gasteiger partial charge in [-0.05, 0) is 33.6 Å². The number of halogens is 1. The van der Waals surface area contributed by atoms with Crippen LogP contribution in [0.2, 0.25) is 0 Å². The summed E-state index contributed by atoms with van der Waals surface area (Å²) >= 11 is 3.55. The highest BCUT2D eigenvalue weighted by atomic mass is 79.9. The molecule has 2 aromatic rings. The fourth-order valence-corrected chi connectivity index (χ4v) is 2.71. The first-order valence-electron chi connectivity index (χ1n) is 6.53. The second-order valence-electron chi connectivity index (χ2n) is 4.71. The maximum absolute atomic E-state index is 5.73. The first-order valence-corrected chi connectivity index (χ1v) is 7.32. The van der Waals surface area contributed by atoms with Crippen molar-refractivity contribution in [3.63, 3.8) is 0 Å². The summed E-state index contributed by atoms with van der Waals surface area (Å²) in [6.07, 6.45) is 4.65. The molecule has 0 bridgehead atoms. The van der Waals surface area contributed by atoms with E-state index in [9.17, 15) is 0 Å². The number of benzene rings is 1. The molecule has 106 valence electrons. The van der Waals surface area contributed by atoms with Gasteiger partial charge in [-0.2, -0.15) is 5.10 Å². The lowest BCUT2D eigenvalue weighted by Gasteiger charge is -2.12. The van der Waals surface area contributed by atoms with Crippen LogP contribution in [0.3, 0.4) is 0 Å². The molecule has 0 saturated carbocycles. The molecule has 1 aliphatic heterocycles. The zero-order chi connectivity index (χ0) is 13.9. The Kier molecular flexibility index (Phi) is 3.82. The van der Waals surface area contributed by atoms with E-state index in [1.54, 1.807) is 10.9 Å². The number of hydrogen-bond acceptors (Lipinski definition) is 4. The molecule has 1 aromatic carbocycles. The van der Waals surface area contributed by atoms with E-state index in [0.29, 0.717) is 19.8 Å². The standard InChI is InChI=1S/C14H16BrN3O2/c1-18-9-11(8-17-18)16-7-10-5-12(15)14-13(6-10)19-3-2-4-20-14/h5-6,8-9,16H,2-4,7H2,1H3. The van der Waals surface area contributed by atoms with Gasteiger partial charge in [0.2, 0.25) is 0 Å². The first-order chi connectivity index (χ1) is 9.72. The Bertz CT molecular complexity index is 612. The van der Waals surface area contributed by atoms with Crippen LogP contribution in [-0.4, -0.2) is 23.0 Å². The summed E-state index contributed by atoms with van der Waals surface area (Å²) in [5.41, 5.74) is 2.13. The van der Waals surface area contributed by atoms with E-state index in [1.165, 1.54) is 0 Å². The second-order valence-corrected chi connectivity index (χ2v) is 5.57. The third-order valence-corrected chi connectivity index (χ3v) is 3.65. The van der Waals surface area contributed by atoms with E-state index in [1.807, 2.05) is 19.3 Å². The van der Waals surface area contributed by atoms with E-state index < -0.39 is 0 Å². The molecule has 1 aliphatic rings. The summed E-state index contributed by atoms with van der Waals surface area (Å²) < 4.78 is 14.1. The van der Waals surface area contributed by atoms with Gasteiger partial charge in [0.1, 0.15) is 0 Å². The number of aromatic nitrogens is 2. The average Bonchev–Trinajstić information content (AvgIpc) is 2.70. The first kappa shape index (κ1) is 13.3. The predicted molar refractivity (Wildman–Crippen MR) is 80.3 cm³/mol. The van der Waals surface area contributed by atoms with Gasteiger partial charge in [0.25, 0.3) is 0 Å². The van der Waals surface area contributed by atoms with Crippen LogP contribution in [0.4, 0.5) is 5.69 Å². The molecule has 0 radical (unpaired) electrons. The van der Waals surface area contributed by atoms with Gasteiger partial charge in [0.05, 0.1) is 29.6 Å². The zero-order valence-electron chi connectivity index (χ0n) is 11.2. The molecule has 0 spiro atoms. The second kappa shape index (κ2) is 5.75. The molecule has 6 heteroatoms. The van der Waals surface area contributed by atoms with Crippen LogP contribution in [0.15, 0.2) is 29.0 Å². The van der Waals surface area contributed by atoms with Crippen LogP contribution in [0, 0.1) is 0 Å². The Labute approximate surface area is 126 Å². The Balaban J connectivity index is 1.77. The van der Waals surface area contributed by atoms with Crippen molar-refractivity contribution in [2.75, 3.05) is 18.5 Å². The number of ether oxygens (including phenoxy) is 2. The number of hydrogen-bond donors (Lipinski definition) is 1. The van der Waals surface area contributed by atoms with Crippen molar-refractivity contribution in [3.05, 3.63) is 34.6 Å². The van der Waals surface area contributed by atoms with E-state index in [-0.39, 0.29) is 0 Å². The smallest absolute Gasteiger partial charge is 0.175 e. The van der Waals surface area contributed by atoms with Crippen molar-refractivity contribution in [3.8, 4) is 11.5 Å². The fraction of sp³-hybridized carbons (Fsp3) is 0.357. The van der Waals surface area contributed by atoms with Crippen molar-refractivity contribution in [1.29, 1.82) is 0 Å². The Morgan fingerprint density at radius 2 is 2.20 bits per heavy atom. The van der Waals surface area contributed by atoms with E-state index in [2.05, 4.69) is 32.4 Å². The minimum atomic E-state index is 0.693. The Morgan fingerprint density at radius 3 is 3.00 bits per heavy atom. The molecule has 0 atom stereocenters. The molecular formula is C14H16BrN3O2. The average molecular weight is 338 g/mol. The molecule has 0 amide bonds. The predicted octanol–water partition coefficient (Wildman–Crippen LogP) is 2.96. The van der Waals surface area contributed by atoms with E-state index in [4.69, 9.17) is 9.47 Å². The number of nitrogens with zero attached hydrogens (tertiary/aromatic N) is 2. The molecule has 3 rings (SSSR count). The summed E-state index contributed by atoms with van der Waals surface area (Å²) in [5, 5.41) is 7.46. The molecule has 0 saturated heterocycles. The normalized spacial score (nSPS) is 13.9. The van der Waals surface area contributed by atoms with Crippen LogP contribution in [0.1, 0.15) is 12.0 Å². The van der Waals surface area contributed by atoms with Crippen LogP contribution in [0.5, 0.6) is 11.5 Å². The van der Waals surface area contributed by atoms with Crippen LogP contribution < -0.4 is 14.8 Å². The minimum Gasteiger partial charge on any atom is -0.490 e. The van der Waals surface area contributed by atoms with Crippen LogP contribution in [0.25, 0.3) is 0 Å². The quantitative estimate of drug-likeness (QED) is 0.935. The molecule has 0 aliphatic carbocycles. The molecule has 1 N–H and O–H groups in total. The number of nitrogens with one attached hydrogen (secondary N) is 1. The molecule has 2 heterocycles. The largest absolute Gasteiger partial charge is 0.490 e. The summed E-state index contributed by atoms with van der Waals surface area (Å²) in [6.45, 7) is 2.10. The van der Waals surface area contributed by atoms with Crippen molar-refractivity contribution in [1.82, 2.24) is 9.78 Å². The molecule has 1 aromatic heterocycles. The molecule has 0 unspecified atom stereocenters. The highest BCUT2D eigenvalue weighted by molar-refractivity contribution is 9.10. The summed E-state index contributed by atoms with van der Waals surface area (Å²) in [4.78, 5) is 0. The number of aryl methyl sites for hydroxylation is 1. The van der Waals surface area contributed by atoms with Gasteiger partial charge >= 0.3 is 0 Å². The van der Waals surface area contributed by atoms with Gasteiger partial charge < -0.3 is 14.8 Å². The van der Waals surface area contributed by atoms with Crippen molar-refractivity contribution < 1.29 is 9.47 Å². The van der Waals surface area contributed by atoms with Gasteiger partial charge in [-0.3, -0.25) is 4.68 Å². The molecule has 5 nitrogen and oxygen atoms in total. The zero-order valence-corrected chi connectivity index (χ0v) is 12.8. The lowest BCUT2D eigenvalue weighted by atomic mass is 10.2. The third-order valence-electron chi connectivity index (χ3n) is 3.06. The molecule has 0 fully saturated rings. The van der Waals surface area contributed by atoms with Crippen LogP contribution >= 0.6 is 15.9 Å². The maximum Gasteiger partial charge on any atom is 0.175 e. The monoisotopic (exact) mass is 337 g/mol. The van der Waals surface area contributed by atoms with Gasteiger partial charge in [-0.15, -0.1) is 0 Å². The van der Waals surface area contributed by atoms with E-state index in [0.717, 1.165) is 33.6 Å². The minimum absolute atomic E-state index is 0.693. The SMILES string of the molecule is Cn1cc(NCc2cc(Br)c3c(c2)OCCCO3)cn1. The van der Waals surface area contributed by atoms with Crippen molar-refractivity contribution in [2.24, 2.45) is 7.05 Å². The summed E-state index contributed by atoms with van der Waals surface area (Å²) in [7, 11) is 1.90. The number of anilines is 1. The summed E-state index contributed by atoms with van der Waals surface area (Å²) in [6, 6.07) is 4.08. The maximum atomic E-state index is 5.73. The van der Waals surface area contributed by atoms with Crippen molar-refractivity contribution in [2.45, 2.75) is 13.0 Å². The van der Waals surface area contributed by atoms with Gasteiger partial charge in [-0.1, -0.05) is 0 Å². The van der Waals surface area contributed by atoms with Crippen molar-refractivity contribution >= 4 is 21.6 Å². The Morgan fingerprint density at radius 1 is 1.35 bits per heavy atom. The Hall–Kier alpha value is -1.69. The third kappa shape index (κ3) is 2.90. The molecular weight excluding hydrogens is 322 g/mol. The number of fused-ring (bicyclic) bond motifs is 1. The highest BCUT2D eigenvalue weighted by Crippen LogP contribution is 2.38. The fourth-order valence-electron chi connectivity index (χ4n) is 2.10. The summed E-state index contributed by atoms with van der Waals surface area (Å²) in [5.74, 6) is 1.60. The van der Waals surface area contributed by atoms with Gasteiger partial charge in [0, 0.05) is 26.2 Å². The van der Waals surface area contributed by atoms with Gasteiger partial charge in [-0.25, -0.2) is 0 Å².